The van der Waals surface area contributed by atoms with Gasteiger partial charge in [-0.1, -0.05) is 24.3 Å². The van der Waals surface area contributed by atoms with Crippen molar-refractivity contribution in [3.63, 3.8) is 0 Å². The van der Waals surface area contributed by atoms with Crippen molar-refractivity contribution in [2.45, 2.75) is 44.1 Å². The zero-order valence-electron chi connectivity index (χ0n) is 14.5. The van der Waals surface area contributed by atoms with Gasteiger partial charge >= 0.3 is 0 Å². The Kier molecular flexibility index (Phi) is 4.25. The maximum absolute atomic E-state index is 14.3. The molecule has 1 aromatic carbocycles. The van der Waals surface area contributed by atoms with E-state index < -0.39 is 29.5 Å². The summed E-state index contributed by atoms with van der Waals surface area (Å²) in [6, 6.07) is 8.09. The Hall–Kier alpha value is -2.31. The van der Waals surface area contributed by atoms with Crippen LogP contribution in [0.4, 0.5) is 13.2 Å². The molecule has 1 aliphatic carbocycles. The van der Waals surface area contributed by atoms with Crippen molar-refractivity contribution in [3.8, 4) is 0 Å². The Morgan fingerprint density at radius 2 is 2.04 bits per heavy atom. The lowest BCUT2D eigenvalue weighted by atomic mass is 9.75. The lowest BCUT2D eigenvalue weighted by Crippen LogP contribution is -2.54. The van der Waals surface area contributed by atoms with Crippen molar-refractivity contribution < 1.29 is 18.0 Å². The summed E-state index contributed by atoms with van der Waals surface area (Å²) in [4.78, 5) is 14.4. The number of hydrogen-bond acceptors (Lipinski definition) is 2. The van der Waals surface area contributed by atoms with E-state index in [0.717, 1.165) is 25.7 Å². The molecule has 0 saturated carbocycles. The molecule has 2 unspecified atom stereocenters. The Morgan fingerprint density at radius 1 is 1.27 bits per heavy atom. The number of aromatic nitrogens is 2. The first-order valence-electron chi connectivity index (χ1n) is 8.88. The van der Waals surface area contributed by atoms with Gasteiger partial charge in [0.15, 0.2) is 0 Å². The maximum atomic E-state index is 14.3. The quantitative estimate of drug-likeness (QED) is 0.831. The molecule has 138 valence electrons. The molecule has 1 amide bonds. The van der Waals surface area contributed by atoms with Gasteiger partial charge in [-0.15, -0.1) is 0 Å². The van der Waals surface area contributed by atoms with Crippen LogP contribution in [0.2, 0.25) is 0 Å². The molecule has 4 nitrogen and oxygen atoms in total. The van der Waals surface area contributed by atoms with Crippen LogP contribution in [0.5, 0.6) is 0 Å². The molecule has 1 aromatic heterocycles. The number of alkyl halides is 2. The van der Waals surface area contributed by atoms with Gasteiger partial charge in [0, 0.05) is 25.6 Å². The molecular formula is C19H20F3N3O. The molecule has 0 bridgehead atoms. The minimum atomic E-state index is -2.99. The minimum Gasteiger partial charge on any atom is -0.335 e. The minimum absolute atomic E-state index is 0.0749. The summed E-state index contributed by atoms with van der Waals surface area (Å²) in [7, 11) is 1.23. The number of nitrogens with zero attached hydrogens (tertiary/aromatic N) is 3. The Morgan fingerprint density at radius 3 is 2.73 bits per heavy atom. The zero-order valence-corrected chi connectivity index (χ0v) is 14.5. The van der Waals surface area contributed by atoms with E-state index in [-0.39, 0.29) is 12.0 Å². The fourth-order valence-electron chi connectivity index (χ4n) is 4.29. The zero-order chi connectivity index (χ0) is 18.4. The molecule has 0 spiro atoms. The van der Waals surface area contributed by atoms with Crippen LogP contribution in [0.3, 0.4) is 0 Å². The lowest BCUT2D eigenvalue weighted by molar-refractivity contribution is 0.0365. The number of rotatable bonds is 3. The van der Waals surface area contributed by atoms with E-state index in [1.54, 1.807) is 4.90 Å². The van der Waals surface area contributed by atoms with E-state index >= 15 is 0 Å². The SMILES string of the molecule is Cn1nc(C(F)F)c(C(=O)N2CCC2C2CCCc3ccccc32)c1F. The standard InChI is InChI=1S/C19H20F3N3O/c1-24-18(22)15(16(23-24)17(20)21)19(26)25-10-9-14(25)13-8-4-6-11-5-2-3-7-12(11)13/h2-3,5,7,13-14,17H,4,6,8-10H2,1H3. The van der Waals surface area contributed by atoms with Gasteiger partial charge in [-0.05, 0) is 36.8 Å². The topological polar surface area (TPSA) is 38.1 Å². The molecular weight excluding hydrogens is 343 g/mol. The van der Waals surface area contributed by atoms with Gasteiger partial charge in [0.25, 0.3) is 12.3 Å². The van der Waals surface area contributed by atoms with Crippen LogP contribution in [-0.4, -0.2) is 33.2 Å². The van der Waals surface area contributed by atoms with Crippen LogP contribution in [0.25, 0.3) is 0 Å². The van der Waals surface area contributed by atoms with Crippen LogP contribution in [0, 0.1) is 5.95 Å². The van der Waals surface area contributed by atoms with Gasteiger partial charge in [-0.3, -0.25) is 4.79 Å². The smallest absolute Gasteiger partial charge is 0.283 e. The number of fused-ring (bicyclic) bond motifs is 1. The van der Waals surface area contributed by atoms with Gasteiger partial charge in [0.1, 0.15) is 11.3 Å². The third-order valence-corrected chi connectivity index (χ3v) is 5.63. The fraction of sp³-hybridized carbons (Fsp3) is 0.474. The van der Waals surface area contributed by atoms with Gasteiger partial charge in [-0.25, -0.2) is 13.5 Å². The predicted molar refractivity (Wildman–Crippen MR) is 89.7 cm³/mol. The highest BCUT2D eigenvalue weighted by molar-refractivity contribution is 5.96. The molecule has 1 aliphatic heterocycles. The first-order valence-corrected chi connectivity index (χ1v) is 8.88. The van der Waals surface area contributed by atoms with E-state index in [1.165, 1.54) is 18.2 Å². The number of amides is 1. The largest absolute Gasteiger partial charge is 0.335 e. The van der Waals surface area contributed by atoms with Crippen molar-refractivity contribution in [2.75, 3.05) is 6.54 Å². The number of carbonyl (C=O) groups is 1. The molecule has 2 aromatic rings. The number of likely N-dealkylation sites (tertiary alicyclic amines) is 1. The highest BCUT2D eigenvalue weighted by Gasteiger charge is 2.43. The molecule has 1 fully saturated rings. The van der Waals surface area contributed by atoms with Gasteiger partial charge in [0.05, 0.1) is 0 Å². The van der Waals surface area contributed by atoms with E-state index in [1.807, 2.05) is 12.1 Å². The third-order valence-electron chi connectivity index (χ3n) is 5.63. The predicted octanol–water partition coefficient (Wildman–Crippen LogP) is 3.83. The molecule has 2 atom stereocenters. The molecule has 26 heavy (non-hydrogen) atoms. The van der Waals surface area contributed by atoms with Crippen LogP contribution >= 0.6 is 0 Å². The van der Waals surface area contributed by atoms with E-state index in [4.69, 9.17) is 0 Å². The van der Waals surface area contributed by atoms with Gasteiger partial charge in [0.2, 0.25) is 5.95 Å². The van der Waals surface area contributed by atoms with E-state index in [0.29, 0.717) is 11.2 Å². The Labute approximate surface area is 149 Å². The normalized spacial score (nSPS) is 22.3. The summed E-state index contributed by atoms with van der Waals surface area (Å²) < 4.78 is 41.4. The van der Waals surface area contributed by atoms with E-state index in [2.05, 4.69) is 17.2 Å². The summed E-state index contributed by atoms with van der Waals surface area (Å²) in [6.07, 6.45) is 0.809. The molecule has 0 N–H and O–H groups in total. The average molecular weight is 363 g/mol. The summed E-state index contributed by atoms with van der Waals surface area (Å²) in [5.41, 5.74) is 1.15. The number of hydrogen-bond donors (Lipinski definition) is 0. The summed E-state index contributed by atoms with van der Waals surface area (Å²) >= 11 is 0. The van der Waals surface area contributed by atoms with Crippen molar-refractivity contribution in [3.05, 3.63) is 52.6 Å². The van der Waals surface area contributed by atoms with Gasteiger partial charge in [-0.2, -0.15) is 9.49 Å². The first kappa shape index (κ1) is 17.1. The number of aryl methyl sites for hydroxylation is 2. The Balaban J connectivity index is 1.64. The van der Waals surface area contributed by atoms with Crippen molar-refractivity contribution in [1.29, 1.82) is 0 Å². The van der Waals surface area contributed by atoms with Gasteiger partial charge < -0.3 is 4.90 Å². The number of halogens is 3. The molecule has 4 rings (SSSR count). The summed E-state index contributed by atoms with van der Waals surface area (Å²) in [5, 5.41) is 3.49. The van der Waals surface area contributed by atoms with Crippen molar-refractivity contribution in [1.82, 2.24) is 14.7 Å². The average Bonchev–Trinajstić information content (AvgIpc) is 2.90. The maximum Gasteiger partial charge on any atom is 0.283 e. The monoisotopic (exact) mass is 363 g/mol. The second kappa shape index (κ2) is 6.45. The number of carbonyl (C=O) groups excluding carboxylic acids is 1. The summed E-state index contributed by atoms with van der Waals surface area (Å²) in [5.74, 6) is -1.50. The number of benzene rings is 1. The van der Waals surface area contributed by atoms with Crippen LogP contribution < -0.4 is 0 Å². The second-order valence-corrected chi connectivity index (χ2v) is 7.03. The first-order chi connectivity index (χ1) is 12.5. The van der Waals surface area contributed by atoms with Crippen molar-refractivity contribution >= 4 is 5.91 Å². The second-order valence-electron chi connectivity index (χ2n) is 7.03. The molecule has 1 saturated heterocycles. The van der Waals surface area contributed by atoms with E-state index in [9.17, 15) is 18.0 Å². The molecule has 2 heterocycles. The molecule has 7 heteroatoms. The molecule has 2 aliphatic rings. The lowest BCUT2D eigenvalue weighted by Gasteiger charge is -2.47. The van der Waals surface area contributed by atoms with Crippen LogP contribution in [0.15, 0.2) is 24.3 Å². The fourth-order valence-corrected chi connectivity index (χ4v) is 4.29. The van der Waals surface area contributed by atoms with Crippen LogP contribution in [0.1, 0.15) is 58.8 Å². The highest BCUT2D eigenvalue weighted by Crippen LogP contribution is 2.41. The van der Waals surface area contributed by atoms with Crippen LogP contribution in [-0.2, 0) is 13.5 Å². The third kappa shape index (κ3) is 2.61. The summed E-state index contributed by atoms with van der Waals surface area (Å²) in [6.45, 7) is 0.458. The van der Waals surface area contributed by atoms with Crippen molar-refractivity contribution in [2.24, 2.45) is 7.05 Å². The highest BCUT2D eigenvalue weighted by atomic mass is 19.3. The molecule has 0 radical (unpaired) electrons. The Bertz CT molecular complexity index is 849.